The van der Waals surface area contributed by atoms with Crippen molar-refractivity contribution in [3.8, 4) is 0 Å². The second kappa shape index (κ2) is 9.42. The van der Waals surface area contributed by atoms with Crippen molar-refractivity contribution >= 4 is 36.7 Å². The summed E-state index contributed by atoms with van der Waals surface area (Å²) < 4.78 is 8.42. The van der Waals surface area contributed by atoms with Crippen LogP contribution in [0.15, 0.2) is 18.3 Å². The van der Waals surface area contributed by atoms with Gasteiger partial charge >= 0.3 is 6.09 Å². The molecule has 1 aromatic heterocycles. The molecule has 2 saturated heterocycles. The molecule has 0 spiro atoms. The molecule has 1 unspecified atom stereocenters. The number of benzene rings is 1. The van der Waals surface area contributed by atoms with Crippen molar-refractivity contribution in [2.24, 2.45) is 5.92 Å². The molecule has 35 heavy (non-hydrogen) atoms. The zero-order valence-corrected chi connectivity index (χ0v) is 22.4. The van der Waals surface area contributed by atoms with E-state index in [2.05, 4.69) is 43.9 Å². The third kappa shape index (κ3) is 5.30. The largest absolute Gasteiger partial charge is 0.465 e. The van der Waals surface area contributed by atoms with E-state index in [1.165, 1.54) is 4.90 Å². The molecule has 2 aliphatic rings. The van der Waals surface area contributed by atoms with Gasteiger partial charge in [-0.25, -0.2) is 4.79 Å². The van der Waals surface area contributed by atoms with Crippen molar-refractivity contribution in [3.63, 3.8) is 0 Å². The smallest absolute Gasteiger partial charge is 0.407 e. The molecule has 10 nitrogen and oxygen atoms in total. The molecule has 192 valence electrons. The number of carbonyl (C=O) groups is 1. The van der Waals surface area contributed by atoms with Crippen LogP contribution < -0.4 is 4.90 Å². The number of hydrogen-bond acceptors (Lipinski definition) is 6. The number of rotatable bonds is 6. The lowest BCUT2D eigenvalue weighted by Gasteiger charge is -2.38. The maximum absolute atomic E-state index is 12.1. The van der Waals surface area contributed by atoms with Crippen molar-refractivity contribution in [1.29, 1.82) is 0 Å². The molecule has 2 aliphatic heterocycles. The van der Waals surface area contributed by atoms with Gasteiger partial charge in [-0.2, -0.15) is 5.10 Å². The van der Waals surface area contributed by atoms with E-state index in [4.69, 9.17) is 9.53 Å². The molecule has 1 atom stereocenters. The Morgan fingerprint density at radius 2 is 1.91 bits per heavy atom. The van der Waals surface area contributed by atoms with Crippen molar-refractivity contribution < 1.29 is 19.3 Å². The third-order valence-electron chi connectivity index (χ3n) is 8.00. The van der Waals surface area contributed by atoms with Gasteiger partial charge in [-0.1, -0.05) is 20.8 Å². The molecular formula is C24H37N5O5Si. The molecule has 1 N–H and O–H groups in total. The molecule has 3 heterocycles. The van der Waals surface area contributed by atoms with E-state index in [1.54, 1.807) is 12.3 Å². The summed E-state index contributed by atoms with van der Waals surface area (Å²) in [6, 6.07) is 3.53. The van der Waals surface area contributed by atoms with Crippen LogP contribution in [-0.2, 0) is 11.0 Å². The molecule has 2 fully saturated rings. The van der Waals surface area contributed by atoms with Gasteiger partial charge < -0.3 is 19.3 Å². The van der Waals surface area contributed by atoms with Crippen LogP contribution in [0.2, 0.25) is 18.1 Å². The maximum Gasteiger partial charge on any atom is 0.407 e. The minimum Gasteiger partial charge on any atom is -0.465 e. The summed E-state index contributed by atoms with van der Waals surface area (Å²) in [6.07, 6.45) is 3.35. The second-order valence-electron chi connectivity index (χ2n) is 11.4. The summed E-state index contributed by atoms with van der Waals surface area (Å²) in [4.78, 5) is 26.4. The number of fused-ring (bicyclic) bond motifs is 1. The van der Waals surface area contributed by atoms with E-state index < -0.39 is 14.4 Å². The normalized spacial score (nSPS) is 20.1. The Morgan fingerprint density at radius 1 is 1.23 bits per heavy atom. The zero-order chi connectivity index (χ0) is 25.5. The molecule has 0 saturated carbocycles. The summed E-state index contributed by atoms with van der Waals surface area (Å²) in [5, 5.41) is 26.7. The lowest BCUT2D eigenvalue weighted by Crippen LogP contribution is -2.44. The van der Waals surface area contributed by atoms with Gasteiger partial charge in [0.15, 0.2) is 8.32 Å². The van der Waals surface area contributed by atoms with Gasteiger partial charge in [0.2, 0.25) is 0 Å². The molecule has 0 radical (unpaired) electrons. The summed E-state index contributed by atoms with van der Waals surface area (Å²) >= 11 is 0. The number of aromatic nitrogens is 2. The molecule has 11 heteroatoms. The van der Waals surface area contributed by atoms with Gasteiger partial charge in [0.25, 0.3) is 5.69 Å². The van der Waals surface area contributed by atoms with E-state index in [0.29, 0.717) is 37.8 Å². The number of likely N-dealkylation sites (tertiary alicyclic amines) is 1. The maximum atomic E-state index is 12.1. The Morgan fingerprint density at radius 3 is 2.51 bits per heavy atom. The lowest BCUT2D eigenvalue weighted by molar-refractivity contribution is -0.384. The summed E-state index contributed by atoms with van der Waals surface area (Å²) in [7, 11) is -1.92. The van der Waals surface area contributed by atoms with E-state index in [0.717, 1.165) is 36.7 Å². The van der Waals surface area contributed by atoms with Gasteiger partial charge in [-0.05, 0) is 49.4 Å². The van der Waals surface area contributed by atoms with Crippen LogP contribution in [-0.4, -0.2) is 71.4 Å². The molecule has 4 rings (SSSR count). The zero-order valence-electron chi connectivity index (χ0n) is 21.4. The summed E-state index contributed by atoms with van der Waals surface area (Å²) in [5.41, 5.74) is 1.46. The molecular weight excluding hydrogens is 466 g/mol. The molecule has 1 amide bonds. The number of nitro benzene ring substituents is 1. The molecule has 0 bridgehead atoms. The van der Waals surface area contributed by atoms with E-state index in [1.807, 2.05) is 10.7 Å². The van der Waals surface area contributed by atoms with Crippen LogP contribution in [0, 0.1) is 16.0 Å². The molecule has 2 aromatic rings. The Kier molecular flexibility index (Phi) is 6.84. The van der Waals surface area contributed by atoms with Gasteiger partial charge in [-0.15, -0.1) is 0 Å². The average Bonchev–Trinajstić information content (AvgIpc) is 3.39. The van der Waals surface area contributed by atoms with Gasteiger partial charge in [0, 0.05) is 44.2 Å². The molecule has 1 aromatic carbocycles. The van der Waals surface area contributed by atoms with Crippen LogP contribution >= 0.6 is 0 Å². The number of nitrogens with zero attached hydrogens (tertiary/aromatic N) is 5. The Labute approximate surface area is 207 Å². The fourth-order valence-corrected chi connectivity index (χ4v) is 6.22. The van der Waals surface area contributed by atoms with Crippen molar-refractivity contribution in [2.75, 3.05) is 31.1 Å². The van der Waals surface area contributed by atoms with Crippen LogP contribution in [0.3, 0.4) is 0 Å². The van der Waals surface area contributed by atoms with Gasteiger partial charge in [0.05, 0.1) is 22.7 Å². The first-order valence-corrected chi connectivity index (χ1v) is 15.3. The minimum atomic E-state index is -1.92. The number of amides is 1. The Bertz CT molecular complexity index is 1100. The first kappa shape index (κ1) is 25.4. The Balaban J connectivity index is 1.52. The fourth-order valence-electron chi connectivity index (χ4n) is 4.84. The van der Waals surface area contributed by atoms with E-state index in [9.17, 15) is 14.9 Å². The quantitative estimate of drug-likeness (QED) is 0.337. The lowest BCUT2D eigenvalue weighted by atomic mass is 9.97. The van der Waals surface area contributed by atoms with Crippen molar-refractivity contribution in [3.05, 3.63) is 28.4 Å². The van der Waals surface area contributed by atoms with Crippen molar-refractivity contribution in [1.82, 2.24) is 14.7 Å². The highest BCUT2D eigenvalue weighted by Gasteiger charge is 2.41. The van der Waals surface area contributed by atoms with E-state index >= 15 is 0 Å². The predicted molar refractivity (Wildman–Crippen MR) is 138 cm³/mol. The number of anilines is 1. The van der Waals surface area contributed by atoms with Gasteiger partial charge in [0.1, 0.15) is 5.69 Å². The highest BCUT2D eigenvalue weighted by Crippen LogP contribution is 2.40. The average molecular weight is 504 g/mol. The third-order valence-corrected chi connectivity index (χ3v) is 12.5. The fraction of sp³-hybridized carbons (Fsp3) is 0.667. The SMILES string of the molecule is CC(C)(C)[Si](C)(C)OC1CCN(c2cc3cnn(CC4CCN(C(=O)O)CC4)c3cc2[N+](=O)[O-])C1. The number of piperidine rings is 1. The number of nitro groups is 1. The van der Waals surface area contributed by atoms with Crippen LogP contribution in [0.25, 0.3) is 10.9 Å². The Hall–Kier alpha value is -2.66. The summed E-state index contributed by atoms with van der Waals surface area (Å²) in [6.45, 7) is 14.2. The van der Waals surface area contributed by atoms with Crippen molar-refractivity contribution in [2.45, 2.75) is 70.8 Å². The first-order chi connectivity index (χ1) is 16.4. The van der Waals surface area contributed by atoms with Crippen LogP contribution in [0.5, 0.6) is 0 Å². The highest BCUT2D eigenvalue weighted by atomic mass is 28.4. The monoisotopic (exact) mass is 503 g/mol. The predicted octanol–water partition coefficient (Wildman–Crippen LogP) is 4.94. The van der Waals surface area contributed by atoms with Crippen LogP contribution in [0.4, 0.5) is 16.2 Å². The number of carboxylic acid groups (broad SMARTS) is 1. The standard InChI is InChI=1S/C24H37N5O5Si/c1-24(2,3)35(4,5)34-19-8-11-27(16-19)21-12-18-14-25-28(20(18)13-22(21)29(32)33)15-17-6-9-26(10-7-17)23(30)31/h12-14,17,19H,6-11,15-16H2,1-5H3,(H,30,31). The number of hydrogen-bond donors (Lipinski definition) is 1. The molecule has 0 aliphatic carbocycles. The first-order valence-electron chi connectivity index (χ1n) is 12.4. The highest BCUT2D eigenvalue weighted by molar-refractivity contribution is 6.74. The topological polar surface area (TPSA) is 114 Å². The second-order valence-corrected chi connectivity index (χ2v) is 16.2. The minimum absolute atomic E-state index is 0.0746. The van der Waals surface area contributed by atoms with Gasteiger partial charge in [-0.3, -0.25) is 14.8 Å². The van der Waals surface area contributed by atoms with E-state index in [-0.39, 0.29) is 21.8 Å². The van der Waals surface area contributed by atoms with Crippen LogP contribution in [0.1, 0.15) is 40.0 Å². The summed E-state index contributed by atoms with van der Waals surface area (Å²) in [5.74, 6) is 0.291.